The zero-order valence-electron chi connectivity index (χ0n) is 16.9. The Morgan fingerprint density at radius 2 is 1.90 bits per heavy atom. The number of carbonyl (C=O) groups excluding carboxylic acids is 1. The van der Waals surface area contributed by atoms with Crippen molar-refractivity contribution in [2.75, 3.05) is 25.0 Å². The molecule has 154 valence electrons. The number of fused-ring (bicyclic) bond motifs is 1. The molecule has 0 unspecified atom stereocenters. The van der Waals surface area contributed by atoms with Crippen molar-refractivity contribution in [3.05, 3.63) is 62.7 Å². The van der Waals surface area contributed by atoms with Crippen LogP contribution in [0.25, 0.3) is 0 Å². The highest BCUT2D eigenvalue weighted by atomic mass is 16.6. The Kier molecular flexibility index (Phi) is 6.82. The largest absolute Gasteiger partial charge is 0.492 e. The number of nitro groups is 1. The molecule has 0 saturated carbocycles. The fraction of sp³-hybridized carbons (Fsp3) is 0.409. The summed E-state index contributed by atoms with van der Waals surface area (Å²) in [4.78, 5) is 22.0. The number of nitro benzene ring substituents is 1. The van der Waals surface area contributed by atoms with E-state index in [-0.39, 0.29) is 16.5 Å². The molecule has 7 heteroatoms. The van der Waals surface area contributed by atoms with Crippen molar-refractivity contribution in [3.63, 3.8) is 0 Å². The highest BCUT2D eigenvalue weighted by molar-refractivity contribution is 5.95. The second-order valence-corrected chi connectivity index (χ2v) is 7.37. The van der Waals surface area contributed by atoms with Crippen LogP contribution in [-0.2, 0) is 17.6 Å². The van der Waals surface area contributed by atoms with E-state index in [2.05, 4.69) is 16.7 Å². The fourth-order valence-corrected chi connectivity index (χ4v) is 3.66. The third-order valence-electron chi connectivity index (χ3n) is 5.12. The van der Waals surface area contributed by atoms with Gasteiger partial charge in [-0.2, -0.15) is 0 Å². The molecule has 1 aliphatic rings. The first kappa shape index (κ1) is 20.8. The Morgan fingerprint density at radius 1 is 1.14 bits per heavy atom. The molecule has 3 rings (SSSR count). The van der Waals surface area contributed by atoms with Gasteiger partial charge in [-0.25, -0.2) is 0 Å². The highest BCUT2D eigenvalue weighted by Crippen LogP contribution is 2.36. The van der Waals surface area contributed by atoms with Crippen molar-refractivity contribution in [1.29, 1.82) is 0 Å². The van der Waals surface area contributed by atoms with Gasteiger partial charge in [-0.15, -0.1) is 0 Å². The topological polar surface area (TPSA) is 93.5 Å². The van der Waals surface area contributed by atoms with E-state index in [1.165, 1.54) is 0 Å². The van der Waals surface area contributed by atoms with Crippen LogP contribution < -0.4 is 15.4 Å². The number of anilines is 1. The Morgan fingerprint density at radius 3 is 2.62 bits per heavy atom. The molecule has 0 fully saturated rings. The SMILES string of the molecule is Cc1cc(C)c(OCCNCCCc2ccc([N+](=O)[O-])cc2)c2c1NC(=O)CC2. The zero-order valence-corrected chi connectivity index (χ0v) is 16.9. The number of hydrogen-bond donors (Lipinski definition) is 2. The molecule has 0 saturated heterocycles. The van der Waals surface area contributed by atoms with E-state index in [1.807, 2.05) is 26.0 Å². The van der Waals surface area contributed by atoms with Gasteiger partial charge in [0.25, 0.3) is 5.69 Å². The summed E-state index contributed by atoms with van der Waals surface area (Å²) >= 11 is 0. The summed E-state index contributed by atoms with van der Waals surface area (Å²) < 4.78 is 6.05. The maximum absolute atomic E-state index is 11.7. The average Bonchev–Trinajstić information content (AvgIpc) is 2.70. The van der Waals surface area contributed by atoms with E-state index >= 15 is 0 Å². The third-order valence-corrected chi connectivity index (χ3v) is 5.12. The number of hydrogen-bond acceptors (Lipinski definition) is 5. The molecule has 2 N–H and O–H groups in total. The van der Waals surface area contributed by atoms with E-state index in [9.17, 15) is 14.9 Å². The number of rotatable bonds is 9. The third kappa shape index (κ3) is 5.32. The quantitative estimate of drug-likeness (QED) is 0.382. The van der Waals surface area contributed by atoms with Crippen LogP contribution in [0, 0.1) is 24.0 Å². The smallest absolute Gasteiger partial charge is 0.269 e. The summed E-state index contributed by atoms with van der Waals surface area (Å²) in [7, 11) is 0. The lowest BCUT2D eigenvalue weighted by atomic mass is 9.95. The van der Waals surface area contributed by atoms with Crippen molar-refractivity contribution in [2.24, 2.45) is 0 Å². The molecule has 1 amide bonds. The summed E-state index contributed by atoms with van der Waals surface area (Å²) in [6.45, 7) is 6.18. The van der Waals surface area contributed by atoms with E-state index in [0.29, 0.717) is 19.4 Å². The van der Waals surface area contributed by atoms with E-state index in [0.717, 1.165) is 59.6 Å². The molecule has 0 radical (unpaired) electrons. The Hall–Kier alpha value is -2.93. The van der Waals surface area contributed by atoms with Gasteiger partial charge in [-0.1, -0.05) is 18.2 Å². The first-order valence-electron chi connectivity index (χ1n) is 9.95. The molecule has 1 aliphatic heterocycles. The summed E-state index contributed by atoms with van der Waals surface area (Å²) in [6, 6.07) is 8.76. The van der Waals surface area contributed by atoms with Crippen LogP contribution >= 0.6 is 0 Å². The molecule has 0 aliphatic carbocycles. The van der Waals surface area contributed by atoms with Crippen LogP contribution in [0.15, 0.2) is 30.3 Å². The van der Waals surface area contributed by atoms with Crippen LogP contribution in [0.3, 0.4) is 0 Å². The second kappa shape index (κ2) is 9.52. The van der Waals surface area contributed by atoms with Crippen LogP contribution in [0.5, 0.6) is 5.75 Å². The monoisotopic (exact) mass is 397 g/mol. The van der Waals surface area contributed by atoms with Gasteiger partial charge in [-0.05, 0) is 56.3 Å². The molecule has 29 heavy (non-hydrogen) atoms. The number of nitrogens with one attached hydrogen (secondary N) is 2. The van der Waals surface area contributed by atoms with Crippen molar-refractivity contribution < 1.29 is 14.5 Å². The molecule has 0 atom stereocenters. The Balaban J connectivity index is 1.41. The van der Waals surface area contributed by atoms with Crippen LogP contribution in [-0.4, -0.2) is 30.5 Å². The normalized spacial score (nSPS) is 13.0. The van der Waals surface area contributed by atoms with Gasteiger partial charge in [0, 0.05) is 30.7 Å². The van der Waals surface area contributed by atoms with Crippen molar-refractivity contribution in [1.82, 2.24) is 5.32 Å². The molecule has 0 bridgehead atoms. The van der Waals surface area contributed by atoms with E-state index in [1.54, 1.807) is 12.1 Å². The first-order valence-corrected chi connectivity index (χ1v) is 9.95. The number of amides is 1. The number of nitrogens with zero attached hydrogens (tertiary/aromatic N) is 1. The molecule has 2 aromatic carbocycles. The van der Waals surface area contributed by atoms with Crippen LogP contribution in [0.1, 0.15) is 35.1 Å². The molecule has 1 heterocycles. The Labute approximate surface area is 170 Å². The standard InChI is InChI=1S/C22H27N3O4/c1-15-14-16(2)22(19-9-10-20(26)24-21(15)19)29-13-12-23-11-3-4-17-5-7-18(8-6-17)25(27)28/h5-8,14,23H,3-4,9-13H2,1-2H3,(H,24,26). The lowest BCUT2D eigenvalue weighted by molar-refractivity contribution is -0.384. The van der Waals surface area contributed by atoms with E-state index < -0.39 is 0 Å². The lowest BCUT2D eigenvalue weighted by Crippen LogP contribution is -2.24. The summed E-state index contributed by atoms with van der Waals surface area (Å²) in [5.74, 6) is 0.948. The van der Waals surface area contributed by atoms with E-state index in [4.69, 9.17) is 4.74 Å². The minimum absolute atomic E-state index is 0.0603. The first-order chi connectivity index (χ1) is 14.0. The van der Waals surface area contributed by atoms with Crippen LogP contribution in [0.4, 0.5) is 11.4 Å². The molecule has 0 spiro atoms. The van der Waals surface area contributed by atoms with Gasteiger partial charge in [0.2, 0.25) is 5.91 Å². The van der Waals surface area contributed by atoms with Gasteiger partial charge in [-0.3, -0.25) is 14.9 Å². The minimum atomic E-state index is -0.383. The molecular weight excluding hydrogens is 370 g/mol. The van der Waals surface area contributed by atoms with Gasteiger partial charge in [0.15, 0.2) is 0 Å². The molecule has 0 aromatic heterocycles. The van der Waals surface area contributed by atoms with Crippen molar-refractivity contribution in [2.45, 2.75) is 39.5 Å². The molecule has 2 aromatic rings. The second-order valence-electron chi connectivity index (χ2n) is 7.37. The zero-order chi connectivity index (χ0) is 20.8. The summed E-state index contributed by atoms with van der Waals surface area (Å²) in [5.41, 5.74) is 5.38. The fourth-order valence-electron chi connectivity index (χ4n) is 3.66. The number of ether oxygens (including phenoxy) is 1. The average molecular weight is 397 g/mol. The lowest BCUT2D eigenvalue weighted by Gasteiger charge is -2.24. The number of non-ortho nitro benzene ring substituents is 1. The van der Waals surface area contributed by atoms with Gasteiger partial charge in [0.1, 0.15) is 12.4 Å². The summed E-state index contributed by atoms with van der Waals surface area (Å²) in [6.07, 6.45) is 3.02. The predicted octanol–water partition coefficient (Wildman–Crippen LogP) is 3.70. The molecular formula is C22H27N3O4. The number of aryl methyl sites for hydroxylation is 3. The maximum Gasteiger partial charge on any atom is 0.269 e. The predicted molar refractivity (Wildman–Crippen MR) is 113 cm³/mol. The van der Waals surface area contributed by atoms with Gasteiger partial charge in [0.05, 0.1) is 10.6 Å². The van der Waals surface area contributed by atoms with Gasteiger partial charge >= 0.3 is 0 Å². The van der Waals surface area contributed by atoms with Crippen molar-refractivity contribution in [3.8, 4) is 5.75 Å². The maximum atomic E-state index is 11.7. The Bertz CT molecular complexity index is 894. The summed E-state index contributed by atoms with van der Waals surface area (Å²) in [5, 5.41) is 17.0. The highest BCUT2D eigenvalue weighted by Gasteiger charge is 2.22. The molecule has 7 nitrogen and oxygen atoms in total. The van der Waals surface area contributed by atoms with Crippen LogP contribution in [0.2, 0.25) is 0 Å². The van der Waals surface area contributed by atoms with Gasteiger partial charge < -0.3 is 15.4 Å². The number of carbonyl (C=O) groups is 1. The minimum Gasteiger partial charge on any atom is -0.492 e. The number of benzene rings is 2. The van der Waals surface area contributed by atoms with Crippen molar-refractivity contribution >= 4 is 17.3 Å².